The van der Waals surface area contributed by atoms with Crippen LogP contribution in [0.5, 0.6) is 0 Å². The standard InChI is InChI=1S/C9H12ClNO/c10-5-7-2-1-3-8(4-7)9(12)6-11/h1-4,9,12H,5-6,11H2. The van der Waals surface area contributed by atoms with Gasteiger partial charge in [-0.05, 0) is 11.1 Å². The number of halogens is 1. The van der Waals surface area contributed by atoms with E-state index in [4.69, 9.17) is 17.3 Å². The Morgan fingerprint density at radius 2 is 2.25 bits per heavy atom. The molecule has 0 aliphatic rings. The molecule has 0 bridgehead atoms. The van der Waals surface area contributed by atoms with E-state index in [2.05, 4.69) is 0 Å². The van der Waals surface area contributed by atoms with Gasteiger partial charge >= 0.3 is 0 Å². The Morgan fingerprint density at radius 1 is 1.50 bits per heavy atom. The van der Waals surface area contributed by atoms with Gasteiger partial charge in [0.05, 0.1) is 6.10 Å². The maximum atomic E-state index is 9.38. The van der Waals surface area contributed by atoms with Gasteiger partial charge in [-0.3, -0.25) is 0 Å². The highest BCUT2D eigenvalue weighted by molar-refractivity contribution is 6.17. The highest BCUT2D eigenvalue weighted by Gasteiger charge is 2.04. The van der Waals surface area contributed by atoms with E-state index in [0.29, 0.717) is 5.88 Å². The molecule has 1 rings (SSSR count). The Morgan fingerprint density at radius 3 is 2.83 bits per heavy atom. The summed E-state index contributed by atoms with van der Waals surface area (Å²) >= 11 is 5.63. The van der Waals surface area contributed by atoms with Crippen molar-refractivity contribution in [1.82, 2.24) is 0 Å². The molecular weight excluding hydrogens is 174 g/mol. The summed E-state index contributed by atoms with van der Waals surface area (Å²) in [5, 5.41) is 9.38. The van der Waals surface area contributed by atoms with Gasteiger partial charge in [-0.15, -0.1) is 11.6 Å². The first-order valence-electron chi connectivity index (χ1n) is 3.81. The van der Waals surface area contributed by atoms with E-state index < -0.39 is 6.10 Å². The lowest BCUT2D eigenvalue weighted by Crippen LogP contribution is -2.11. The van der Waals surface area contributed by atoms with Gasteiger partial charge in [0.1, 0.15) is 0 Å². The second kappa shape index (κ2) is 4.45. The van der Waals surface area contributed by atoms with Crippen molar-refractivity contribution in [3.8, 4) is 0 Å². The molecule has 0 saturated heterocycles. The van der Waals surface area contributed by atoms with Gasteiger partial charge in [0.15, 0.2) is 0 Å². The van der Waals surface area contributed by atoms with Crippen LogP contribution >= 0.6 is 11.6 Å². The predicted molar refractivity (Wildman–Crippen MR) is 50.0 cm³/mol. The third kappa shape index (κ3) is 2.21. The number of aliphatic hydroxyl groups excluding tert-OH is 1. The third-order valence-corrected chi connectivity index (χ3v) is 2.02. The topological polar surface area (TPSA) is 46.2 Å². The van der Waals surface area contributed by atoms with E-state index in [1.165, 1.54) is 0 Å². The summed E-state index contributed by atoms with van der Waals surface area (Å²) in [5.41, 5.74) is 7.14. The molecule has 0 radical (unpaired) electrons. The average Bonchev–Trinajstić information content (AvgIpc) is 2.17. The van der Waals surface area contributed by atoms with Gasteiger partial charge in [0.25, 0.3) is 0 Å². The number of aliphatic hydroxyl groups is 1. The average molecular weight is 186 g/mol. The van der Waals surface area contributed by atoms with E-state index in [0.717, 1.165) is 11.1 Å². The summed E-state index contributed by atoms with van der Waals surface area (Å²) in [6.07, 6.45) is -0.576. The zero-order chi connectivity index (χ0) is 8.97. The lowest BCUT2D eigenvalue weighted by Gasteiger charge is -2.08. The first-order valence-corrected chi connectivity index (χ1v) is 4.34. The highest BCUT2D eigenvalue weighted by atomic mass is 35.5. The fourth-order valence-electron chi connectivity index (χ4n) is 1.02. The van der Waals surface area contributed by atoms with Crippen LogP contribution in [-0.2, 0) is 5.88 Å². The third-order valence-electron chi connectivity index (χ3n) is 1.71. The molecule has 0 spiro atoms. The molecule has 0 aliphatic carbocycles. The number of nitrogens with two attached hydrogens (primary N) is 1. The van der Waals surface area contributed by atoms with Gasteiger partial charge in [-0.1, -0.05) is 24.3 Å². The van der Waals surface area contributed by atoms with Crippen molar-refractivity contribution in [3.63, 3.8) is 0 Å². The smallest absolute Gasteiger partial charge is 0.0912 e. The summed E-state index contributed by atoms with van der Waals surface area (Å²) < 4.78 is 0. The first kappa shape index (κ1) is 9.52. The predicted octanol–water partition coefficient (Wildman–Crippen LogP) is 1.42. The summed E-state index contributed by atoms with van der Waals surface area (Å²) in [4.78, 5) is 0. The van der Waals surface area contributed by atoms with Crippen LogP contribution in [0.2, 0.25) is 0 Å². The molecule has 1 unspecified atom stereocenters. The van der Waals surface area contributed by atoms with Crippen molar-refractivity contribution in [2.75, 3.05) is 6.54 Å². The molecule has 66 valence electrons. The molecule has 2 nitrogen and oxygen atoms in total. The molecule has 1 aromatic carbocycles. The Hall–Kier alpha value is -0.570. The number of hydrogen-bond acceptors (Lipinski definition) is 2. The van der Waals surface area contributed by atoms with Crippen LogP contribution in [0.25, 0.3) is 0 Å². The molecule has 0 aliphatic heterocycles. The first-order chi connectivity index (χ1) is 5.77. The SMILES string of the molecule is NCC(O)c1cccc(CCl)c1. The van der Waals surface area contributed by atoms with Gasteiger partial charge in [0, 0.05) is 12.4 Å². The molecule has 0 amide bonds. The van der Waals surface area contributed by atoms with Crippen LogP contribution in [0.15, 0.2) is 24.3 Å². The Labute approximate surface area is 77.0 Å². The van der Waals surface area contributed by atoms with Crippen LogP contribution in [0.4, 0.5) is 0 Å². The van der Waals surface area contributed by atoms with Crippen molar-refractivity contribution in [1.29, 1.82) is 0 Å². The minimum atomic E-state index is -0.576. The quantitative estimate of drug-likeness (QED) is 0.700. The van der Waals surface area contributed by atoms with Gasteiger partial charge in [-0.2, -0.15) is 0 Å². The molecule has 1 atom stereocenters. The molecule has 3 N–H and O–H groups in total. The van der Waals surface area contributed by atoms with Gasteiger partial charge in [-0.25, -0.2) is 0 Å². The maximum Gasteiger partial charge on any atom is 0.0912 e. The largest absolute Gasteiger partial charge is 0.387 e. The van der Waals surface area contributed by atoms with Crippen molar-refractivity contribution in [3.05, 3.63) is 35.4 Å². The van der Waals surface area contributed by atoms with E-state index >= 15 is 0 Å². The lowest BCUT2D eigenvalue weighted by molar-refractivity contribution is 0.186. The monoisotopic (exact) mass is 185 g/mol. The highest BCUT2D eigenvalue weighted by Crippen LogP contribution is 2.14. The van der Waals surface area contributed by atoms with Crippen LogP contribution in [0.3, 0.4) is 0 Å². The van der Waals surface area contributed by atoms with Crippen molar-refractivity contribution >= 4 is 11.6 Å². The number of hydrogen-bond donors (Lipinski definition) is 2. The Kier molecular flexibility index (Phi) is 3.53. The number of rotatable bonds is 3. The minimum Gasteiger partial charge on any atom is -0.387 e. The van der Waals surface area contributed by atoms with Crippen LogP contribution < -0.4 is 5.73 Å². The Bertz CT molecular complexity index is 252. The van der Waals surface area contributed by atoms with E-state index in [1.807, 2.05) is 24.3 Å². The van der Waals surface area contributed by atoms with E-state index in [-0.39, 0.29) is 6.54 Å². The molecule has 1 aromatic rings. The minimum absolute atomic E-state index is 0.242. The zero-order valence-electron chi connectivity index (χ0n) is 6.70. The van der Waals surface area contributed by atoms with E-state index in [1.54, 1.807) is 0 Å². The molecule has 0 saturated carbocycles. The molecular formula is C9H12ClNO. The van der Waals surface area contributed by atoms with Crippen molar-refractivity contribution < 1.29 is 5.11 Å². The number of benzene rings is 1. The molecule has 0 fully saturated rings. The fraction of sp³-hybridized carbons (Fsp3) is 0.333. The summed E-state index contributed by atoms with van der Waals surface area (Å²) in [5.74, 6) is 0.463. The van der Waals surface area contributed by atoms with Gasteiger partial charge < -0.3 is 10.8 Å². The summed E-state index contributed by atoms with van der Waals surface area (Å²) in [7, 11) is 0. The maximum absolute atomic E-state index is 9.38. The van der Waals surface area contributed by atoms with E-state index in [9.17, 15) is 5.11 Å². The molecule has 0 heterocycles. The molecule has 12 heavy (non-hydrogen) atoms. The Balaban J connectivity index is 2.86. The van der Waals surface area contributed by atoms with Crippen molar-refractivity contribution in [2.24, 2.45) is 5.73 Å². The van der Waals surface area contributed by atoms with Crippen LogP contribution in [-0.4, -0.2) is 11.7 Å². The fourth-order valence-corrected chi connectivity index (χ4v) is 1.19. The molecule has 0 aromatic heterocycles. The summed E-state index contributed by atoms with van der Waals surface area (Å²) in [6.45, 7) is 0.242. The second-order valence-electron chi connectivity index (χ2n) is 2.63. The van der Waals surface area contributed by atoms with Gasteiger partial charge in [0.2, 0.25) is 0 Å². The second-order valence-corrected chi connectivity index (χ2v) is 2.90. The van der Waals surface area contributed by atoms with Crippen molar-refractivity contribution in [2.45, 2.75) is 12.0 Å². The lowest BCUT2D eigenvalue weighted by atomic mass is 10.1. The summed E-state index contributed by atoms with van der Waals surface area (Å²) in [6, 6.07) is 7.49. The molecule has 3 heteroatoms. The number of alkyl halides is 1. The normalized spacial score (nSPS) is 12.9. The van der Waals surface area contributed by atoms with Crippen LogP contribution in [0, 0.1) is 0 Å². The van der Waals surface area contributed by atoms with Crippen LogP contribution in [0.1, 0.15) is 17.2 Å². The zero-order valence-corrected chi connectivity index (χ0v) is 7.46.